The Hall–Kier alpha value is -2.52. The number of amides is 1. The first kappa shape index (κ1) is 18.8. The second kappa shape index (κ2) is 7.84. The highest BCUT2D eigenvalue weighted by Gasteiger charge is 2.26. The predicted octanol–water partition coefficient (Wildman–Crippen LogP) is 3.82. The van der Waals surface area contributed by atoms with E-state index in [9.17, 15) is 9.90 Å². The fourth-order valence-electron chi connectivity index (χ4n) is 2.89. The van der Waals surface area contributed by atoms with Crippen LogP contribution in [0.4, 0.5) is 5.82 Å². The first-order valence-corrected chi connectivity index (χ1v) is 9.85. The maximum absolute atomic E-state index is 13.2. The van der Waals surface area contributed by atoms with Crippen LogP contribution in [0.15, 0.2) is 48.0 Å². The molecule has 0 fully saturated rings. The molecule has 0 radical (unpaired) electrons. The molecule has 0 saturated heterocycles. The molecule has 28 heavy (non-hydrogen) atoms. The highest BCUT2D eigenvalue weighted by atomic mass is 35.5. The van der Waals surface area contributed by atoms with Crippen LogP contribution in [0.3, 0.4) is 0 Å². The Morgan fingerprint density at radius 1 is 1.18 bits per heavy atom. The topological polar surface area (TPSA) is 84.1 Å². The SMILES string of the molecule is O=C(c1nc(Cl)cc(Cl)n1)N(CCO)c1cc2ccccc2n1-c1nccs1. The van der Waals surface area contributed by atoms with Crippen LogP contribution >= 0.6 is 34.5 Å². The Labute approximate surface area is 173 Å². The number of aliphatic hydroxyl groups is 1. The molecule has 142 valence electrons. The van der Waals surface area contributed by atoms with Gasteiger partial charge in [-0.05, 0) is 12.1 Å². The van der Waals surface area contributed by atoms with E-state index >= 15 is 0 Å². The zero-order valence-corrected chi connectivity index (χ0v) is 16.6. The number of para-hydroxylation sites is 1. The number of carbonyl (C=O) groups is 1. The van der Waals surface area contributed by atoms with E-state index in [0.717, 1.165) is 10.9 Å². The molecule has 3 heterocycles. The third kappa shape index (κ3) is 3.47. The van der Waals surface area contributed by atoms with Crippen molar-refractivity contribution < 1.29 is 9.90 Å². The summed E-state index contributed by atoms with van der Waals surface area (Å²) in [5, 5.41) is 13.2. The number of nitrogens with zero attached hydrogens (tertiary/aromatic N) is 5. The molecular weight excluding hydrogens is 421 g/mol. The molecule has 0 atom stereocenters. The van der Waals surface area contributed by atoms with Crippen LogP contribution in [0.25, 0.3) is 16.0 Å². The fourth-order valence-corrected chi connectivity index (χ4v) is 3.98. The van der Waals surface area contributed by atoms with Crippen molar-refractivity contribution in [1.82, 2.24) is 19.5 Å². The monoisotopic (exact) mass is 433 g/mol. The Bertz CT molecular complexity index is 1130. The van der Waals surface area contributed by atoms with Gasteiger partial charge in [0.15, 0.2) is 5.13 Å². The molecule has 4 aromatic rings. The van der Waals surface area contributed by atoms with Crippen molar-refractivity contribution in [2.45, 2.75) is 0 Å². The van der Waals surface area contributed by atoms with Gasteiger partial charge < -0.3 is 5.11 Å². The van der Waals surface area contributed by atoms with Crippen LogP contribution in [-0.2, 0) is 0 Å². The summed E-state index contributed by atoms with van der Waals surface area (Å²) in [6.45, 7) is -0.215. The zero-order valence-electron chi connectivity index (χ0n) is 14.3. The van der Waals surface area contributed by atoms with E-state index in [1.165, 1.54) is 22.3 Å². The lowest BCUT2D eigenvalue weighted by Gasteiger charge is -2.22. The van der Waals surface area contributed by atoms with Gasteiger partial charge in [-0.1, -0.05) is 41.4 Å². The van der Waals surface area contributed by atoms with Crippen LogP contribution in [0.1, 0.15) is 10.6 Å². The standard InChI is InChI=1S/C18H13Cl2N5O2S/c19-13-10-14(20)23-16(22-13)17(27)24(6-7-26)15-9-11-3-1-2-4-12(11)25(15)18-21-5-8-28-18/h1-5,8-10,26H,6-7H2. The van der Waals surface area contributed by atoms with E-state index in [0.29, 0.717) is 10.9 Å². The summed E-state index contributed by atoms with van der Waals surface area (Å²) in [6.07, 6.45) is 1.69. The van der Waals surface area contributed by atoms with Gasteiger partial charge in [-0.3, -0.25) is 14.3 Å². The number of anilines is 1. The average molecular weight is 434 g/mol. The van der Waals surface area contributed by atoms with Crippen molar-refractivity contribution >= 4 is 57.2 Å². The molecule has 0 aliphatic rings. The molecule has 4 rings (SSSR count). The fraction of sp³-hybridized carbons (Fsp3) is 0.111. The molecule has 0 unspecified atom stereocenters. The number of aromatic nitrogens is 4. The largest absolute Gasteiger partial charge is 0.395 e. The van der Waals surface area contributed by atoms with Crippen molar-refractivity contribution in [3.05, 3.63) is 64.1 Å². The van der Waals surface area contributed by atoms with Crippen LogP contribution in [0.2, 0.25) is 10.3 Å². The van der Waals surface area contributed by atoms with E-state index in [2.05, 4.69) is 15.0 Å². The van der Waals surface area contributed by atoms with Gasteiger partial charge in [0.05, 0.1) is 18.7 Å². The third-order valence-electron chi connectivity index (χ3n) is 4.00. The second-order valence-corrected chi connectivity index (χ2v) is 7.38. The van der Waals surface area contributed by atoms with Gasteiger partial charge in [0.2, 0.25) is 5.82 Å². The Balaban J connectivity index is 1.90. The zero-order chi connectivity index (χ0) is 19.7. The molecule has 0 aliphatic carbocycles. The third-order valence-corrected chi connectivity index (χ3v) is 5.15. The molecule has 0 bridgehead atoms. The number of rotatable bonds is 5. The smallest absolute Gasteiger partial charge is 0.297 e. The lowest BCUT2D eigenvalue weighted by Crippen LogP contribution is -2.36. The average Bonchev–Trinajstić information content (AvgIpc) is 3.31. The molecule has 0 spiro atoms. The van der Waals surface area contributed by atoms with Gasteiger partial charge in [-0.15, -0.1) is 11.3 Å². The Kier molecular flexibility index (Phi) is 5.27. The van der Waals surface area contributed by atoms with Crippen molar-refractivity contribution in [3.63, 3.8) is 0 Å². The predicted molar refractivity (Wildman–Crippen MR) is 110 cm³/mol. The number of thiazole rings is 1. The molecule has 3 aromatic heterocycles. The summed E-state index contributed by atoms with van der Waals surface area (Å²) in [4.78, 5) is 26.9. The summed E-state index contributed by atoms with van der Waals surface area (Å²) in [5.74, 6) is -0.143. The summed E-state index contributed by atoms with van der Waals surface area (Å²) < 4.78 is 1.86. The number of hydrogen-bond acceptors (Lipinski definition) is 6. The van der Waals surface area contributed by atoms with Crippen LogP contribution < -0.4 is 4.90 Å². The van der Waals surface area contributed by atoms with Gasteiger partial charge in [0.25, 0.3) is 5.91 Å². The van der Waals surface area contributed by atoms with Gasteiger partial charge in [-0.2, -0.15) is 0 Å². The minimum atomic E-state index is -0.529. The normalized spacial score (nSPS) is 11.1. The molecule has 0 aliphatic heterocycles. The van der Waals surface area contributed by atoms with Gasteiger partial charge in [0.1, 0.15) is 16.1 Å². The van der Waals surface area contributed by atoms with E-state index < -0.39 is 5.91 Å². The quantitative estimate of drug-likeness (QED) is 0.483. The molecule has 1 aromatic carbocycles. The van der Waals surface area contributed by atoms with Crippen LogP contribution in [-0.4, -0.2) is 43.7 Å². The summed E-state index contributed by atoms with van der Waals surface area (Å²) in [5.41, 5.74) is 0.883. The van der Waals surface area contributed by atoms with Gasteiger partial charge >= 0.3 is 0 Å². The number of halogens is 2. The lowest BCUT2D eigenvalue weighted by molar-refractivity contribution is 0.0970. The van der Waals surface area contributed by atoms with E-state index in [1.54, 1.807) is 6.20 Å². The summed E-state index contributed by atoms with van der Waals surface area (Å²) >= 11 is 13.3. The molecule has 1 N–H and O–H groups in total. The Morgan fingerprint density at radius 3 is 2.61 bits per heavy atom. The van der Waals surface area contributed by atoms with E-state index in [-0.39, 0.29) is 29.3 Å². The van der Waals surface area contributed by atoms with Crippen LogP contribution in [0, 0.1) is 0 Å². The lowest BCUT2D eigenvalue weighted by atomic mass is 10.2. The van der Waals surface area contributed by atoms with Gasteiger partial charge in [-0.25, -0.2) is 15.0 Å². The maximum Gasteiger partial charge on any atom is 0.297 e. The Morgan fingerprint density at radius 2 is 1.93 bits per heavy atom. The highest BCUT2D eigenvalue weighted by molar-refractivity contribution is 7.12. The maximum atomic E-state index is 13.2. The van der Waals surface area contributed by atoms with E-state index in [4.69, 9.17) is 23.2 Å². The summed E-state index contributed by atoms with van der Waals surface area (Å²) in [7, 11) is 0. The van der Waals surface area contributed by atoms with Crippen molar-refractivity contribution in [3.8, 4) is 5.13 Å². The first-order chi connectivity index (χ1) is 13.6. The summed E-state index contributed by atoms with van der Waals surface area (Å²) in [6, 6.07) is 10.9. The molecule has 0 saturated carbocycles. The number of benzene rings is 1. The molecule has 7 nitrogen and oxygen atoms in total. The van der Waals surface area contributed by atoms with E-state index in [1.807, 2.05) is 40.3 Å². The molecule has 1 amide bonds. The van der Waals surface area contributed by atoms with Crippen molar-refractivity contribution in [1.29, 1.82) is 0 Å². The molecular formula is C18H13Cl2N5O2S. The van der Waals surface area contributed by atoms with Crippen molar-refractivity contribution in [2.24, 2.45) is 0 Å². The number of aliphatic hydroxyl groups excluding tert-OH is 1. The highest BCUT2D eigenvalue weighted by Crippen LogP contribution is 2.32. The number of fused-ring (bicyclic) bond motifs is 1. The minimum absolute atomic E-state index is 0.0357. The van der Waals surface area contributed by atoms with Gasteiger partial charge in [0, 0.05) is 23.0 Å². The number of hydrogen-bond donors (Lipinski definition) is 1. The number of carbonyl (C=O) groups excluding carboxylic acids is 1. The van der Waals surface area contributed by atoms with Crippen LogP contribution in [0.5, 0.6) is 0 Å². The first-order valence-electron chi connectivity index (χ1n) is 8.21. The minimum Gasteiger partial charge on any atom is -0.395 e. The molecule has 10 heteroatoms. The second-order valence-electron chi connectivity index (χ2n) is 5.73. The van der Waals surface area contributed by atoms with Crippen molar-refractivity contribution in [2.75, 3.05) is 18.1 Å².